The van der Waals surface area contributed by atoms with Crippen LogP contribution in [0.4, 0.5) is 0 Å². The van der Waals surface area contributed by atoms with Crippen molar-refractivity contribution in [3.63, 3.8) is 0 Å². The number of likely N-dealkylation sites (tertiary alicyclic amines) is 1. The lowest BCUT2D eigenvalue weighted by Crippen LogP contribution is -2.40. The Morgan fingerprint density at radius 2 is 2.20 bits per heavy atom. The normalized spacial score (nSPS) is 18.1. The third-order valence-electron chi connectivity index (χ3n) is 5.07. The molecule has 0 bridgehead atoms. The van der Waals surface area contributed by atoms with Gasteiger partial charge in [0, 0.05) is 37.0 Å². The zero-order valence-electron chi connectivity index (χ0n) is 15.5. The Bertz CT molecular complexity index is 714. The number of hydrogen-bond donors (Lipinski definition) is 0. The third-order valence-corrected chi connectivity index (χ3v) is 5.07. The van der Waals surface area contributed by atoms with Crippen LogP contribution in [0.1, 0.15) is 67.9 Å². The molecule has 1 aliphatic rings. The smallest absolute Gasteiger partial charge is 0.222 e. The van der Waals surface area contributed by atoms with Crippen molar-refractivity contribution < 1.29 is 9.32 Å². The average molecular weight is 345 g/mol. The summed E-state index contributed by atoms with van der Waals surface area (Å²) in [6.45, 7) is 9.63. The number of carbonyl (C=O) groups is 1. The summed E-state index contributed by atoms with van der Waals surface area (Å²) in [4.78, 5) is 14.7. The number of hydrogen-bond acceptors (Lipinski definition) is 5. The minimum absolute atomic E-state index is 0.195. The Balaban J connectivity index is 1.63. The van der Waals surface area contributed by atoms with Crippen LogP contribution >= 0.6 is 0 Å². The van der Waals surface area contributed by atoms with Crippen LogP contribution in [-0.2, 0) is 11.2 Å². The van der Waals surface area contributed by atoms with E-state index < -0.39 is 0 Å². The fourth-order valence-corrected chi connectivity index (χ4v) is 3.61. The van der Waals surface area contributed by atoms with E-state index in [1.165, 1.54) is 0 Å². The molecule has 0 radical (unpaired) electrons. The van der Waals surface area contributed by atoms with Gasteiger partial charge in [0.1, 0.15) is 17.9 Å². The lowest BCUT2D eigenvalue weighted by atomic mass is 9.96. The molecule has 1 aliphatic heterocycles. The van der Waals surface area contributed by atoms with Gasteiger partial charge in [-0.25, -0.2) is 0 Å². The molecule has 2 aromatic heterocycles. The first-order chi connectivity index (χ1) is 12.0. The van der Waals surface area contributed by atoms with Gasteiger partial charge in [0.2, 0.25) is 5.91 Å². The Morgan fingerprint density at radius 3 is 2.88 bits per heavy atom. The van der Waals surface area contributed by atoms with Crippen LogP contribution in [0, 0.1) is 13.8 Å². The molecule has 0 spiro atoms. The SMILES string of the molecule is Cc1noc(C)c1CCC(=O)N1CCCC(c2nncn2C(C)C)C1. The van der Waals surface area contributed by atoms with E-state index in [4.69, 9.17) is 4.52 Å². The highest BCUT2D eigenvalue weighted by Crippen LogP contribution is 2.27. The fourth-order valence-electron chi connectivity index (χ4n) is 3.61. The molecular formula is C18H27N5O2. The molecule has 1 atom stereocenters. The van der Waals surface area contributed by atoms with E-state index in [0.29, 0.717) is 18.9 Å². The highest BCUT2D eigenvalue weighted by atomic mass is 16.5. The van der Waals surface area contributed by atoms with Gasteiger partial charge in [0.25, 0.3) is 0 Å². The summed E-state index contributed by atoms with van der Waals surface area (Å²) in [5, 5.41) is 12.3. The van der Waals surface area contributed by atoms with Gasteiger partial charge >= 0.3 is 0 Å². The number of carbonyl (C=O) groups excluding carboxylic acids is 1. The van der Waals surface area contributed by atoms with E-state index in [9.17, 15) is 4.79 Å². The van der Waals surface area contributed by atoms with Crippen LogP contribution in [-0.4, -0.2) is 43.8 Å². The molecule has 136 valence electrons. The Hall–Kier alpha value is -2.18. The second-order valence-corrected chi connectivity index (χ2v) is 7.17. The van der Waals surface area contributed by atoms with E-state index in [1.807, 2.05) is 18.7 Å². The number of nitrogens with zero attached hydrogens (tertiary/aromatic N) is 5. The molecule has 0 aromatic carbocycles. The zero-order chi connectivity index (χ0) is 18.0. The topological polar surface area (TPSA) is 77.1 Å². The average Bonchev–Trinajstić information content (AvgIpc) is 3.21. The molecule has 7 nitrogen and oxygen atoms in total. The minimum atomic E-state index is 0.195. The highest BCUT2D eigenvalue weighted by molar-refractivity contribution is 5.76. The molecule has 0 saturated carbocycles. The van der Waals surface area contributed by atoms with E-state index in [0.717, 1.165) is 48.8 Å². The highest BCUT2D eigenvalue weighted by Gasteiger charge is 2.28. The standard InChI is InChI=1S/C18H27N5O2/c1-12(2)23-11-19-20-18(23)15-6-5-9-22(10-15)17(24)8-7-16-13(3)21-25-14(16)4/h11-12,15H,5-10H2,1-4H3. The van der Waals surface area contributed by atoms with Gasteiger partial charge in [-0.15, -0.1) is 10.2 Å². The molecule has 3 heterocycles. The maximum absolute atomic E-state index is 12.7. The summed E-state index contributed by atoms with van der Waals surface area (Å²) in [6.07, 6.45) is 5.03. The second kappa shape index (κ2) is 7.37. The van der Waals surface area contributed by atoms with Crippen LogP contribution in [0.2, 0.25) is 0 Å². The first-order valence-electron chi connectivity index (χ1n) is 9.06. The summed E-state index contributed by atoms with van der Waals surface area (Å²) >= 11 is 0. The van der Waals surface area contributed by atoms with E-state index in [1.54, 1.807) is 6.33 Å². The van der Waals surface area contributed by atoms with Crippen molar-refractivity contribution >= 4 is 5.91 Å². The Morgan fingerprint density at radius 1 is 1.40 bits per heavy atom. The Kier molecular flexibility index (Phi) is 5.20. The van der Waals surface area contributed by atoms with Gasteiger partial charge < -0.3 is 14.0 Å². The van der Waals surface area contributed by atoms with Crippen LogP contribution < -0.4 is 0 Å². The van der Waals surface area contributed by atoms with Crippen LogP contribution in [0.15, 0.2) is 10.9 Å². The van der Waals surface area contributed by atoms with Crippen LogP contribution in [0.5, 0.6) is 0 Å². The fraction of sp³-hybridized carbons (Fsp3) is 0.667. The van der Waals surface area contributed by atoms with Gasteiger partial charge in [0.05, 0.1) is 5.69 Å². The molecule has 25 heavy (non-hydrogen) atoms. The van der Waals surface area contributed by atoms with Gasteiger partial charge in [-0.05, 0) is 47.0 Å². The van der Waals surface area contributed by atoms with Crippen molar-refractivity contribution in [2.45, 2.75) is 65.3 Å². The van der Waals surface area contributed by atoms with Crippen molar-refractivity contribution in [1.29, 1.82) is 0 Å². The molecule has 1 unspecified atom stereocenters. The molecule has 0 aliphatic carbocycles. The van der Waals surface area contributed by atoms with Crippen LogP contribution in [0.25, 0.3) is 0 Å². The lowest BCUT2D eigenvalue weighted by molar-refractivity contribution is -0.132. The maximum atomic E-state index is 12.7. The molecule has 3 rings (SSSR count). The number of amides is 1. The lowest BCUT2D eigenvalue weighted by Gasteiger charge is -2.33. The summed E-state index contributed by atoms with van der Waals surface area (Å²) in [5.41, 5.74) is 1.94. The third kappa shape index (κ3) is 3.75. The van der Waals surface area contributed by atoms with Crippen molar-refractivity contribution in [3.8, 4) is 0 Å². The molecule has 0 N–H and O–H groups in total. The predicted molar refractivity (Wildman–Crippen MR) is 93.3 cm³/mol. The Labute approximate surface area is 148 Å². The molecule has 2 aromatic rings. The quantitative estimate of drug-likeness (QED) is 0.833. The summed E-state index contributed by atoms with van der Waals surface area (Å²) in [7, 11) is 0. The van der Waals surface area contributed by atoms with Gasteiger partial charge in [-0.2, -0.15) is 0 Å². The first-order valence-corrected chi connectivity index (χ1v) is 9.06. The zero-order valence-corrected chi connectivity index (χ0v) is 15.5. The largest absolute Gasteiger partial charge is 0.361 e. The van der Waals surface area contributed by atoms with E-state index in [2.05, 4.69) is 33.8 Å². The van der Waals surface area contributed by atoms with Crippen LogP contribution in [0.3, 0.4) is 0 Å². The van der Waals surface area contributed by atoms with Crippen molar-refractivity contribution in [1.82, 2.24) is 24.8 Å². The van der Waals surface area contributed by atoms with Crippen molar-refractivity contribution in [3.05, 3.63) is 29.2 Å². The predicted octanol–water partition coefficient (Wildman–Crippen LogP) is 2.80. The van der Waals surface area contributed by atoms with Crippen molar-refractivity contribution in [2.75, 3.05) is 13.1 Å². The van der Waals surface area contributed by atoms with E-state index >= 15 is 0 Å². The molecule has 1 amide bonds. The van der Waals surface area contributed by atoms with Gasteiger partial charge in [-0.3, -0.25) is 4.79 Å². The summed E-state index contributed by atoms with van der Waals surface area (Å²) in [6, 6.07) is 0.329. The summed E-state index contributed by atoms with van der Waals surface area (Å²) < 4.78 is 7.30. The number of rotatable bonds is 5. The minimum Gasteiger partial charge on any atom is -0.361 e. The van der Waals surface area contributed by atoms with Crippen molar-refractivity contribution in [2.24, 2.45) is 0 Å². The molecule has 1 fully saturated rings. The number of piperidine rings is 1. The molecule has 1 saturated heterocycles. The van der Waals surface area contributed by atoms with E-state index in [-0.39, 0.29) is 11.8 Å². The number of aromatic nitrogens is 4. The number of aryl methyl sites for hydroxylation is 2. The monoisotopic (exact) mass is 345 g/mol. The van der Waals surface area contributed by atoms with Gasteiger partial charge in [-0.1, -0.05) is 5.16 Å². The first kappa shape index (κ1) is 17.6. The maximum Gasteiger partial charge on any atom is 0.222 e. The summed E-state index contributed by atoms with van der Waals surface area (Å²) in [5.74, 6) is 2.27. The second-order valence-electron chi connectivity index (χ2n) is 7.17. The molecule has 7 heteroatoms. The molecular weight excluding hydrogens is 318 g/mol. The van der Waals surface area contributed by atoms with Gasteiger partial charge in [0.15, 0.2) is 0 Å².